The molecule has 8 nitrogen and oxygen atoms in total. The van der Waals surface area contributed by atoms with E-state index in [1.165, 1.54) is 23.1 Å². The van der Waals surface area contributed by atoms with Crippen LogP contribution in [0.2, 0.25) is 0 Å². The molecule has 2 aliphatic rings. The van der Waals surface area contributed by atoms with Gasteiger partial charge >= 0.3 is 12.2 Å². The highest BCUT2D eigenvalue weighted by Crippen LogP contribution is 2.36. The van der Waals surface area contributed by atoms with Gasteiger partial charge in [0.2, 0.25) is 6.79 Å². The molecule has 176 valence electrons. The van der Waals surface area contributed by atoms with Crippen LogP contribution in [0.5, 0.6) is 11.5 Å². The highest BCUT2D eigenvalue weighted by Gasteiger charge is 2.34. The van der Waals surface area contributed by atoms with E-state index in [9.17, 15) is 18.0 Å². The van der Waals surface area contributed by atoms with Crippen LogP contribution < -0.4 is 19.7 Å². The number of carbonyl (C=O) groups is 1. The van der Waals surface area contributed by atoms with Gasteiger partial charge in [-0.15, -0.1) is 10.2 Å². The molecule has 0 spiro atoms. The molecule has 0 atom stereocenters. The lowest BCUT2D eigenvalue weighted by Gasteiger charge is -2.35. The summed E-state index contributed by atoms with van der Waals surface area (Å²) in [7, 11) is 0. The van der Waals surface area contributed by atoms with E-state index in [1.54, 1.807) is 0 Å². The normalized spacial score (nSPS) is 15.4. The fourth-order valence-electron chi connectivity index (χ4n) is 3.88. The lowest BCUT2D eigenvalue weighted by atomic mass is 10.1. The minimum Gasteiger partial charge on any atom is -0.454 e. The highest BCUT2D eigenvalue weighted by molar-refractivity contribution is 5.90. The molecule has 11 heteroatoms. The number of aromatic nitrogens is 2. The van der Waals surface area contributed by atoms with Crippen molar-refractivity contribution in [1.82, 2.24) is 15.1 Å². The first-order chi connectivity index (χ1) is 16.4. The molecule has 1 fully saturated rings. The average Bonchev–Trinajstić information content (AvgIpc) is 3.32. The lowest BCUT2D eigenvalue weighted by Crippen LogP contribution is -2.50. The fourth-order valence-corrected chi connectivity index (χ4v) is 3.88. The molecule has 0 bridgehead atoms. The molecule has 3 aromatic rings. The predicted octanol–water partition coefficient (Wildman–Crippen LogP) is 4.25. The zero-order chi connectivity index (χ0) is 23.7. The van der Waals surface area contributed by atoms with Gasteiger partial charge in [-0.25, -0.2) is 4.79 Å². The maximum atomic E-state index is 13.2. The van der Waals surface area contributed by atoms with Gasteiger partial charge in [0.15, 0.2) is 17.3 Å². The summed E-state index contributed by atoms with van der Waals surface area (Å²) >= 11 is 0. The van der Waals surface area contributed by atoms with Gasteiger partial charge in [-0.1, -0.05) is 12.1 Å². The Balaban J connectivity index is 1.20. The van der Waals surface area contributed by atoms with Gasteiger partial charge in [-0.05, 0) is 42.5 Å². The summed E-state index contributed by atoms with van der Waals surface area (Å²) in [5, 5.41) is 11.0. The van der Waals surface area contributed by atoms with Crippen LogP contribution in [0.3, 0.4) is 0 Å². The Bertz CT molecular complexity index is 1200. The van der Waals surface area contributed by atoms with Crippen molar-refractivity contribution < 1.29 is 27.4 Å². The average molecular weight is 471 g/mol. The summed E-state index contributed by atoms with van der Waals surface area (Å²) in [5.74, 6) is 2.01. The second-order valence-corrected chi connectivity index (χ2v) is 7.79. The number of para-hydroxylation sites is 1. The molecule has 1 aromatic heterocycles. The number of carbonyl (C=O) groups excluding carboxylic acids is 1. The lowest BCUT2D eigenvalue weighted by molar-refractivity contribution is -0.136. The summed E-state index contributed by atoms with van der Waals surface area (Å²) in [6.45, 7) is 1.83. The van der Waals surface area contributed by atoms with Crippen LogP contribution in [0.1, 0.15) is 5.56 Å². The Hall–Kier alpha value is -4.02. The number of alkyl halides is 3. The second kappa shape index (κ2) is 8.73. The van der Waals surface area contributed by atoms with Crippen molar-refractivity contribution in [1.29, 1.82) is 0 Å². The molecule has 0 aliphatic carbocycles. The van der Waals surface area contributed by atoms with Crippen LogP contribution >= 0.6 is 0 Å². The Morgan fingerprint density at radius 2 is 1.68 bits per heavy atom. The summed E-state index contributed by atoms with van der Waals surface area (Å²) in [4.78, 5) is 16.0. The van der Waals surface area contributed by atoms with Gasteiger partial charge in [0, 0.05) is 31.7 Å². The molecule has 0 saturated carbocycles. The third kappa shape index (κ3) is 4.41. The van der Waals surface area contributed by atoms with Gasteiger partial charge in [-0.2, -0.15) is 13.2 Å². The number of nitrogens with zero attached hydrogens (tertiary/aromatic N) is 4. The topological polar surface area (TPSA) is 79.8 Å². The predicted molar refractivity (Wildman–Crippen MR) is 118 cm³/mol. The number of halogens is 3. The van der Waals surface area contributed by atoms with Crippen LogP contribution in [-0.4, -0.2) is 54.1 Å². The van der Waals surface area contributed by atoms with Gasteiger partial charge in [0.25, 0.3) is 0 Å². The molecule has 1 saturated heterocycles. The van der Waals surface area contributed by atoms with Gasteiger partial charge in [0.1, 0.15) is 0 Å². The summed E-state index contributed by atoms with van der Waals surface area (Å²) in [5.41, 5.74) is 0.402. The number of benzene rings is 2. The molecule has 5 rings (SSSR count). The summed E-state index contributed by atoms with van der Waals surface area (Å²) in [6.07, 6.45) is -4.55. The Morgan fingerprint density at radius 3 is 2.41 bits per heavy atom. The van der Waals surface area contributed by atoms with E-state index < -0.39 is 17.8 Å². The van der Waals surface area contributed by atoms with E-state index in [0.717, 1.165) is 11.6 Å². The first-order valence-corrected chi connectivity index (χ1v) is 10.6. The van der Waals surface area contributed by atoms with Crippen LogP contribution in [0, 0.1) is 0 Å². The molecule has 0 radical (unpaired) electrons. The number of hydrogen-bond acceptors (Lipinski definition) is 6. The first kappa shape index (κ1) is 21.8. The quantitative estimate of drug-likeness (QED) is 0.616. The van der Waals surface area contributed by atoms with Crippen molar-refractivity contribution in [2.24, 2.45) is 0 Å². The minimum atomic E-state index is -4.55. The standard InChI is InChI=1S/C23H20F3N5O3/c24-23(25,26)16-3-1-2-4-18(16)27-22(32)31-11-9-30(10-12-31)21-8-6-17(28-29-21)15-5-7-19-20(13-15)34-14-33-19/h1-8,13H,9-12,14H2,(H,27,32). The minimum absolute atomic E-state index is 0.197. The van der Waals surface area contributed by atoms with E-state index in [1.807, 2.05) is 35.2 Å². The van der Waals surface area contributed by atoms with Gasteiger partial charge < -0.3 is 24.6 Å². The maximum Gasteiger partial charge on any atom is 0.418 e. The molecule has 0 unspecified atom stereocenters. The first-order valence-electron chi connectivity index (χ1n) is 10.6. The molecular formula is C23H20F3N5O3. The van der Waals surface area contributed by atoms with Gasteiger partial charge in [0.05, 0.1) is 16.9 Å². The van der Waals surface area contributed by atoms with Crippen molar-refractivity contribution in [3.8, 4) is 22.8 Å². The van der Waals surface area contributed by atoms with E-state index >= 15 is 0 Å². The number of piperazine rings is 1. The monoisotopic (exact) mass is 471 g/mol. The van der Waals surface area contributed by atoms with E-state index in [4.69, 9.17) is 9.47 Å². The van der Waals surface area contributed by atoms with Crippen molar-refractivity contribution in [3.63, 3.8) is 0 Å². The molecular weight excluding hydrogens is 451 g/mol. The van der Waals surface area contributed by atoms with Crippen LogP contribution in [-0.2, 0) is 6.18 Å². The van der Waals surface area contributed by atoms with Crippen molar-refractivity contribution in [2.45, 2.75) is 6.18 Å². The SMILES string of the molecule is O=C(Nc1ccccc1C(F)(F)F)N1CCN(c2ccc(-c3ccc4c(c3)OCO4)nn2)CC1. The number of ether oxygens (including phenoxy) is 2. The molecule has 2 aromatic carbocycles. The third-order valence-electron chi connectivity index (χ3n) is 5.68. The molecule has 1 N–H and O–H groups in total. The van der Waals surface area contributed by atoms with Gasteiger partial charge in [-0.3, -0.25) is 0 Å². The smallest absolute Gasteiger partial charge is 0.418 e. The van der Waals surface area contributed by atoms with Crippen molar-refractivity contribution in [2.75, 3.05) is 43.2 Å². The zero-order valence-corrected chi connectivity index (χ0v) is 17.9. The van der Waals surface area contributed by atoms with Crippen LogP contribution in [0.25, 0.3) is 11.3 Å². The number of nitrogens with one attached hydrogen (secondary N) is 1. The van der Waals surface area contributed by atoms with Crippen molar-refractivity contribution >= 4 is 17.5 Å². The molecule has 2 amide bonds. The van der Waals surface area contributed by atoms with E-state index in [0.29, 0.717) is 49.2 Å². The van der Waals surface area contributed by atoms with E-state index in [2.05, 4.69) is 15.5 Å². The molecule has 34 heavy (non-hydrogen) atoms. The van der Waals surface area contributed by atoms with Crippen molar-refractivity contribution in [3.05, 3.63) is 60.2 Å². The van der Waals surface area contributed by atoms with Crippen LogP contribution in [0.4, 0.5) is 29.5 Å². The third-order valence-corrected chi connectivity index (χ3v) is 5.68. The maximum absolute atomic E-state index is 13.2. The Kier molecular flexibility index (Phi) is 5.60. The number of hydrogen-bond donors (Lipinski definition) is 1. The number of rotatable bonds is 3. The fraction of sp³-hybridized carbons (Fsp3) is 0.261. The highest BCUT2D eigenvalue weighted by atomic mass is 19.4. The number of fused-ring (bicyclic) bond motifs is 1. The zero-order valence-electron chi connectivity index (χ0n) is 17.9. The Labute approximate surface area is 192 Å². The largest absolute Gasteiger partial charge is 0.454 e. The summed E-state index contributed by atoms with van der Waals surface area (Å²) in [6, 6.07) is 13.6. The van der Waals surface area contributed by atoms with Crippen LogP contribution in [0.15, 0.2) is 54.6 Å². The second-order valence-electron chi connectivity index (χ2n) is 7.79. The number of amides is 2. The molecule has 3 heterocycles. The molecule has 2 aliphatic heterocycles. The summed E-state index contributed by atoms with van der Waals surface area (Å²) < 4.78 is 50.3. The van der Waals surface area contributed by atoms with E-state index in [-0.39, 0.29) is 12.5 Å². The number of urea groups is 1. The Morgan fingerprint density at radius 1 is 0.912 bits per heavy atom. The number of anilines is 2.